The molecule has 0 N–H and O–H groups in total. The maximum absolute atomic E-state index is 12.5. The number of carbonyl (C=O) groups excluding carboxylic acids is 1. The van der Waals surface area contributed by atoms with Crippen LogP contribution in [0.3, 0.4) is 0 Å². The molecule has 1 aliphatic carbocycles. The van der Waals surface area contributed by atoms with E-state index in [2.05, 4.69) is 24.8 Å². The molecule has 1 aliphatic rings. The van der Waals surface area contributed by atoms with Gasteiger partial charge in [-0.25, -0.2) is 0 Å². The van der Waals surface area contributed by atoms with E-state index in [4.69, 9.17) is 0 Å². The van der Waals surface area contributed by atoms with Gasteiger partial charge in [0.05, 0.1) is 5.25 Å². The highest BCUT2D eigenvalue weighted by Crippen LogP contribution is 2.30. The van der Waals surface area contributed by atoms with Crippen molar-refractivity contribution in [3.05, 3.63) is 41.5 Å². The van der Waals surface area contributed by atoms with E-state index in [1.807, 2.05) is 25.7 Å². The van der Waals surface area contributed by atoms with Crippen LogP contribution in [0.4, 0.5) is 0 Å². The maximum atomic E-state index is 12.5. The van der Waals surface area contributed by atoms with Crippen molar-refractivity contribution >= 4 is 17.7 Å². The fraction of sp³-hybridized carbons (Fsp3) is 0.500. The number of nitrogens with zero attached hydrogens (tertiary/aromatic N) is 1. The molecule has 1 unspecified atom stereocenters. The van der Waals surface area contributed by atoms with Crippen molar-refractivity contribution in [2.75, 3.05) is 13.1 Å². The number of likely N-dealkylation sites (N-methyl/N-ethyl adjacent to an activating group) is 1. The molecular formula is C18H25NOS. The van der Waals surface area contributed by atoms with Gasteiger partial charge in [0.15, 0.2) is 0 Å². The Labute approximate surface area is 132 Å². The minimum atomic E-state index is -0.0521. The maximum Gasteiger partial charge on any atom is 0.236 e. The predicted molar refractivity (Wildman–Crippen MR) is 90.9 cm³/mol. The highest BCUT2D eigenvalue weighted by Gasteiger charge is 2.21. The van der Waals surface area contributed by atoms with E-state index in [0.29, 0.717) is 6.54 Å². The Morgan fingerprint density at radius 2 is 2.10 bits per heavy atom. The molecule has 0 aliphatic heterocycles. The molecule has 0 aromatic heterocycles. The van der Waals surface area contributed by atoms with Gasteiger partial charge in [0, 0.05) is 18.0 Å². The third-order valence-electron chi connectivity index (χ3n) is 3.88. The zero-order valence-electron chi connectivity index (χ0n) is 13.3. The lowest BCUT2D eigenvalue weighted by Gasteiger charge is -2.24. The number of thioether (sulfide) groups is 1. The fourth-order valence-corrected chi connectivity index (χ4v) is 3.82. The zero-order chi connectivity index (χ0) is 15.4. The second-order valence-corrected chi connectivity index (χ2v) is 7.27. The van der Waals surface area contributed by atoms with Gasteiger partial charge in [-0.15, -0.1) is 11.8 Å². The number of fused-ring (bicyclic) bond motifs is 1. The molecule has 1 aromatic carbocycles. The van der Waals surface area contributed by atoms with Crippen LogP contribution in [0.15, 0.2) is 35.2 Å². The van der Waals surface area contributed by atoms with Gasteiger partial charge >= 0.3 is 0 Å². The SMILES string of the molecule is C=C(C)CN(CC)C(=O)C(C)Sc1ccc2c(c1)CCC2. The lowest BCUT2D eigenvalue weighted by atomic mass is 10.1. The van der Waals surface area contributed by atoms with Gasteiger partial charge in [-0.3, -0.25) is 4.79 Å². The van der Waals surface area contributed by atoms with Crippen LogP contribution in [0, 0.1) is 0 Å². The molecule has 2 nitrogen and oxygen atoms in total. The molecule has 114 valence electrons. The van der Waals surface area contributed by atoms with Crippen LogP contribution >= 0.6 is 11.8 Å². The Balaban J connectivity index is 2.01. The van der Waals surface area contributed by atoms with Crippen molar-refractivity contribution in [2.45, 2.75) is 50.2 Å². The molecule has 3 heteroatoms. The first kappa shape index (κ1) is 16.2. The normalized spacial score (nSPS) is 14.6. The Bertz CT molecular complexity index is 538. The van der Waals surface area contributed by atoms with Crippen molar-refractivity contribution in [1.29, 1.82) is 0 Å². The Morgan fingerprint density at radius 1 is 1.38 bits per heavy atom. The molecule has 0 saturated carbocycles. The molecule has 1 amide bonds. The molecule has 0 fully saturated rings. The first-order chi connectivity index (χ1) is 10.0. The van der Waals surface area contributed by atoms with E-state index in [1.54, 1.807) is 11.8 Å². The van der Waals surface area contributed by atoms with Crippen molar-refractivity contribution in [1.82, 2.24) is 4.90 Å². The van der Waals surface area contributed by atoms with E-state index in [9.17, 15) is 4.79 Å². The molecular weight excluding hydrogens is 278 g/mol. The van der Waals surface area contributed by atoms with E-state index >= 15 is 0 Å². The summed E-state index contributed by atoms with van der Waals surface area (Å²) in [5, 5.41) is -0.0521. The standard InChI is InChI=1S/C18H25NOS/c1-5-19(12-13(2)3)18(20)14(4)21-17-10-9-15-7-6-8-16(15)11-17/h9-11,14H,2,5-8,12H2,1,3-4H3. The van der Waals surface area contributed by atoms with Crippen LogP contribution in [-0.4, -0.2) is 29.1 Å². The summed E-state index contributed by atoms with van der Waals surface area (Å²) < 4.78 is 0. The van der Waals surface area contributed by atoms with Crippen LogP contribution in [0.25, 0.3) is 0 Å². The Morgan fingerprint density at radius 3 is 2.76 bits per heavy atom. The summed E-state index contributed by atoms with van der Waals surface area (Å²) in [4.78, 5) is 15.6. The second-order valence-electron chi connectivity index (χ2n) is 5.85. The highest BCUT2D eigenvalue weighted by molar-refractivity contribution is 8.00. The molecule has 0 heterocycles. The average Bonchev–Trinajstić information content (AvgIpc) is 2.91. The van der Waals surface area contributed by atoms with E-state index in [0.717, 1.165) is 12.1 Å². The number of aryl methyl sites for hydroxylation is 2. The van der Waals surface area contributed by atoms with Crippen LogP contribution < -0.4 is 0 Å². The second kappa shape index (κ2) is 7.17. The summed E-state index contributed by atoms with van der Waals surface area (Å²) >= 11 is 1.67. The largest absolute Gasteiger partial charge is 0.338 e. The molecule has 0 saturated heterocycles. The summed E-state index contributed by atoms with van der Waals surface area (Å²) in [5.74, 6) is 0.200. The van der Waals surface area contributed by atoms with Crippen LogP contribution in [0.2, 0.25) is 0 Å². The van der Waals surface area contributed by atoms with Gasteiger partial charge < -0.3 is 4.90 Å². The number of amides is 1. The third-order valence-corrected chi connectivity index (χ3v) is 4.97. The highest BCUT2D eigenvalue weighted by atomic mass is 32.2. The van der Waals surface area contributed by atoms with Crippen LogP contribution in [0.5, 0.6) is 0 Å². The summed E-state index contributed by atoms with van der Waals surface area (Å²) in [6.45, 7) is 11.3. The fourth-order valence-electron chi connectivity index (χ4n) is 2.80. The number of hydrogen-bond acceptors (Lipinski definition) is 2. The molecule has 0 spiro atoms. The molecule has 0 bridgehead atoms. The van der Waals surface area contributed by atoms with Crippen LogP contribution in [-0.2, 0) is 17.6 Å². The minimum Gasteiger partial charge on any atom is -0.338 e. The molecule has 0 radical (unpaired) electrons. The predicted octanol–water partition coefficient (Wildman–Crippen LogP) is 4.08. The summed E-state index contributed by atoms with van der Waals surface area (Å²) in [6, 6.07) is 6.66. The summed E-state index contributed by atoms with van der Waals surface area (Å²) in [6.07, 6.45) is 3.65. The topological polar surface area (TPSA) is 20.3 Å². The first-order valence-corrected chi connectivity index (χ1v) is 8.61. The van der Waals surface area contributed by atoms with Crippen molar-refractivity contribution in [3.63, 3.8) is 0 Å². The number of benzene rings is 1. The van der Waals surface area contributed by atoms with E-state index in [1.165, 1.54) is 35.3 Å². The zero-order valence-corrected chi connectivity index (χ0v) is 14.1. The van der Waals surface area contributed by atoms with Crippen molar-refractivity contribution in [2.24, 2.45) is 0 Å². The van der Waals surface area contributed by atoms with Gasteiger partial charge in [0.1, 0.15) is 0 Å². The van der Waals surface area contributed by atoms with Gasteiger partial charge in [-0.2, -0.15) is 0 Å². The molecule has 1 aromatic rings. The number of carbonyl (C=O) groups is 1. The van der Waals surface area contributed by atoms with Gasteiger partial charge in [-0.1, -0.05) is 18.2 Å². The van der Waals surface area contributed by atoms with Crippen molar-refractivity contribution < 1.29 is 4.79 Å². The first-order valence-electron chi connectivity index (χ1n) is 7.73. The van der Waals surface area contributed by atoms with Gasteiger partial charge in [0.2, 0.25) is 5.91 Å². The summed E-state index contributed by atoms with van der Waals surface area (Å²) in [7, 11) is 0. The minimum absolute atomic E-state index is 0.0521. The molecule has 21 heavy (non-hydrogen) atoms. The number of rotatable bonds is 6. The molecule has 2 rings (SSSR count). The Kier molecular flexibility index (Phi) is 5.51. The quantitative estimate of drug-likeness (QED) is 0.583. The summed E-state index contributed by atoms with van der Waals surface area (Å²) in [5.41, 5.74) is 3.98. The average molecular weight is 303 g/mol. The van der Waals surface area contributed by atoms with Crippen LogP contribution in [0.1, 0.15) is 38.3 Å². The molecule has 1 atom stereocenters. The van der Waals surface area contributed by atoms with Gasteiger partial charge in [-0.05, 0) is 63.3 Å². The van der Waals surface area contributed by atoms with Crippen molar-refractivity contribution in [3.8, 4) is 0 Å². The number of hydrogen-bond donors (Lipinski definition) is 0. The smallest absolute Gasteiger partial charge is 0.236 e. The van der Waals surface area contributed by atoms with E-state index in [-0.39, 0.29) is 11.2 Å². The lowest BCUT2D eigenvalue weighted by Crippen LogP contribution is -2.37. The third kappa shape index (κ3) is 4.13. The van der Waals surface area contributed by atoms with E-state index < -0.39 is 0 Å². The Hall–Kier alpha value is -1.22. The monoisotopic (exact) mass is 303 g/mol. The lowest BCUT2D eigenvalue weighted by molar-refractivity contribution is -0.129. The van der Waals surface area contributed by atoms with Gasteiger partial charge in [0.25, 0.3) is 0 Å².